The molecule has 3 unspecified atom stereocenters. The Labute approximate surface area is 192 Å². The van der Waals surface area contributed by atoms with E-state index < -0.39 is 57.5 Å². The van der Waals surface area contributed by atoms with Crippen LogP contribution in [0.15, 0.2) is 23.2 Å². The lowest BCUT2D eigenvalue weighted by Crippen LogP contribution is -2.44. The van der Waals surface area contributed by atoms with E-state index in [9.17, 15) is 36.3 Å². The van der Waals surface area contributed by atoms with E-state index in [4.69, 9.17) is 4.74 Å². The fourth-order valence-corrected chi connectivity index (χ4v) is 5.98. The molecular formula is C20H21F3N4O6S. The van der Waals surface area contributed by atoms with Crippen LogP contribution in [-0.2, 0) is 17.1 Å². The lowest BCUT2D eigenvalue weighted by molar-refractivity contribution is 0.101. The molecule has 1 fully saturated rings. The molecule has 4 rings (SSSR count). The van der Waals surface area contributed by atoms with Crippen molar-refractivity contribution in [1.82, 2.24) is 14.2 Å². The number of aryl methyl sites for hydroxylation is 1. The van der Waals surface area contributed by atoms with Crippen molar-refractivity contribution in [2.75, 3.05) is 18.5 Å². The maximum absolute atomic E-state index is 13.5. The summed E-state index contributed by atoms with van der Waals surface area (Å²) in [7, 11) is -2.85. The van der Waals surface area contributed by atoms with E-state index in [1.165, 1.54) is 11.6 Å². The largest absolute Gasteiger partial charge is 0.489 e. The van der Waals surface area contributed by atoms with Gasteiger partial charge >= 0.3 is 6.09 Å². The van der Waals surface area contributed by atoms with Crippen LogP contribution in [0.5, 0.6) is 5.75 Å². The summed E-state index contributed by atoms with van der Waals surface area (Å²) in [6.45, 7) is 1.62. The van der Waals surface area contributed by atoms with Crippen LogP contribution in [0, 0.1) is 23.4 Å². The van der Waals surface area contributed by atoms with Crippen molar-refractivity contribution < 1.29 is 41.0 Å². The highest BCUT2D eigenvalue weighted by Gasteiger charge is 2.47. The molecule has 1 aromatic carbocycles. The first-order valence-corrected chi connectivity index (χ1v) is 11.7. The molecule has 0 saturated carbocycles. The number of carbonyl (C=O) groups is 2. The molecule has 0 radical (unpaired) electrons. The smallest absolute Gasteiger partial charge is 0.407 e. The lowest BCUT2D eigenvalue weighted by Gasteiger charge is -2.27. The van der Waals surface area contributed by atoms with Gasteiger partial charge in [0.25, 0.3) is 5.91 Å². The number of nitrogens with one attached hydrogen (secondary N) is 2. The second kappa shape index (κ2) is 8.51. The summed E-state index contributed by atoms with van der Waals surface area (Å²) in [6, 6.07) is -0.0884. The highest BCUT2D eigenvalue weighted by Crippen LogP contribution is 2.37. The number of anilines is 1. The van der Waals surface area contributed by atoms with Gasteiger partial charge in [0.2, 0.25) is 10.0 Å². The first kappa shape index (κ1) is 23.9. The van der Waals surface area contributed by atoms with Crippen LogP contribution < -0.4 is 14.8 Å². The monoisotopic (exact) mass is 502 g/mol. The maximum Gasteiger partial charge on any atom is 0.407 e. The van der Waals surface area contributed by atoms with Crippen LogP contribution in [0.4, 0.5) is 23.7 Å². The number of halogens is 3. The summed E-state index contributed by atoms with van der Waals surface area (Å²) in [5, 5.41) is 11.7. The van der Waals surface area contributed by atoms with Gasteiger partial charge in [0.15, 0.2) is 28.9 Å². The third-order valence-electron chi connectivity index (χ3n) is 6.04. The standard InChI is InChI=1S/C20H21F3N4O6S/c1-3-14-10-8-33-18-15(34(31,32)25-13(10)6-27(14)20(29)30)7-26(2)17(18)19(28)24-9-4-11(21)16(23)12(22)5-9/h4-5,7,10,13-14,25H,3,6,8H2,1-2H3,(H,24,28)(H,29,30). The Hall–Kier alpha value is -3.26. The quantitative estimate of drug-likeness (QED) is 0.552. The van der Waals surface area contributed by atoms with Crippen LogP contribution in [0.2, 0.25) is 0 Å². The Morgan fingerprint density at radius 1 is 1.26 bits per heavy atom. The Bertz CT molecular complexity index is 1260. The van der Waals surface area contributed by atoms with Gasteiger partial charge in [-0.3, -0.25) is 4.79 Å². The van der Waals surface area contributed by atoms with Crippen LogP contribution in [0.25, 0.3) is 0 Å². The van der Waals surface area contributed by atoms with E-state index in [1.807, 2.05) is 0 Å². The second-order valence-electron chi connectivity index (χ2n) is 8.10. The van der Waals surface area contributed by atoms with Crippen molar-refractivity contribution in [3.8, 4) is 5.75 Å². The van der Waals surface area contributed by atoms with E-state index in [0.717, 1.165) is 11.1 Å². The van der Waals surface area contributed by atoms with Crippen LogP contribution >= 0.6 is 0 Å². The van der Waals surface area contributed by atoms with Gasteiger partial charge in [0.1, 0.15) is 4.90 Å². The van der Waals surface area contributed by atoms with Crippen LogP contribution in [-0.4, -0.2) is 60.2 Å². The molecular weight excluding hydrogens is 481 g/mol. The number of nitrogens with zero attached hydrogens (tertiary/aromatic N) is 2. The second-order valence-corrected chi connectivity index (χ2v) is 9.79. The fraction of sp³-hybridized carbons (Fsp3) is 0.400. The van der Waals surface area contributed by atoms with E-state index in [-0.39, 0.29) is 35.2 Å². The Morgan fingerprint density at radius 3 is 2.50 bits per heavy atom. The van der Waals surface area contributed by atoms with Gasteiger partial charge in [0, 0.05) is 55.6 Å². The number of hydrogen-bond donors (Lipinski definition) is 3. The van der Waals surface area contributed by atoms with Crippen LogP contribution in [0.1, 0.15) is 23.8 Å². The summed E-state index contributed by atoms with van der Waals surface area (Å²) in [6.07, 6.45) is 0.366. The average molecular weight is 502 g/mol. The Morgan fingerprint density at radius 2 is 1.91 bits per heavy atom. The number of aromatic nitrogens is 1. The zero-order valence-electron chi connectivity index (χ0n) is 18.0. The van der Waals surface area contributed by atoms with Gasteiger partial charge in [-0.2, -0.15) is 0 Å². The SMILES string of the molecule is CCC1C2COc3c(cn(C)c3C(=O)Nc3cc(F)c(F)c(F)c3)S(=O)(=O)NC2CN1C(=O)O. The number of carboxylic acid groups (broad SMARTS) is 1. The lowest BCUT2D eigenvalue weighted by atomic mass is 9.96. The van der Waals surface area contributed by atoms with Gasteiger partial charge in [-0.05, 0) is 6.42 Å². The third-order valence-corrected chi connectivity index (χ3v) is 7.53. The molecule has 0 spiro atoms. The highest BCUT2D eigenvalue weighted by atomic mass is 32.2. The molecule has 2 aromatic rings. The highest BCUT2D eigenvalue weighted by molar-refractivity contribution is 7.89. The molecule has 14 heteroatoms. The van der Waals surface area contributed by atoms with Crippen molar-refractivity contribution in [3.05, 3.63) is 41.5 Å². The summed E-state index contributed by atoms with van der Waals surface area (Å²) in [5.41, 5.74) is -0.646. The fourth-order valence-electron chi connectivity index (χ4n) is 4.51. The molecule has 3 heterocycles. The minimum atomic E-state index is -4.23. The van der Waals surface area contributed by atoms with Crippen molar-refractivity contribution in [1.29, 1.82) is 0 Å². The number of sulfonamides is 1. The number of fused-ring (bicyclic) bond motifs is 2. The molecule has 2 amide bonds. The van der Waals surface area contributed by atoms with E-state index >= 15 is 0 Å². The van der Waals surface area contributed by atoms with Gasteiger partial charge in [0.05, 0.1) is 6.61 Å². The van der Waals surface area contributed by atoms with Crippen molar-refractivity contribution in [2.24, 2.45) is 13.0 Å². The molecule has 2 aliphatic rings. The van der Waals surface area contributed by atoms with Gasteiger partial charge in [-0.1, -0.05) is 6.92 Å². The normalized spacial score (nSPS) is 23.3. The third kappa shape index (κ3) is 3.96. The predicted octanol–water partition coefficient (Wildman–Crippen LogP) is 2.12. The van der Waals surface area contributed by atoms with Crippen molar-refractivity contribution >= 4 is 27.7 Å². The molecule has 3 atom stereocenters. The minimum absolute atomic E-state index is 0.0572. The first-order valence-electron chi connectivity index (χ1n) is 10.2. The molecule has 34 heavy (non-hydrogen) atoms. The molecule has 0 aliphatic carbocycles. The zero-order chi connectivity index (χ0) is 24.9. The van der Waals surface area contributed by atoms with Crippen molar-refractivity contribution in [2.45, 2.75) is 30.3 Å². The predicted molar refractivity (Wildman–Crippen MR) is 112 cm³/mol. The number of carbonyl (C=O) groups excluding carboxylic acids is 1. The van der Waals surface area contributed by atoms with Gasteiger partial charge in [-0.25, -0.2) is 31.1 Å². The zero-order valence-corrected chi connectivity index (χ0v) is 18.8. The van der Waals surface area contributed by atoms with E-state index in [2.05, 4.69) is 10.0 Å². The van der Waals surface area contributed by atoms with E-state index in [1.54, 1.807) is 6.92 Å². The van der Waals surface area contributed by atoms with Crippen molar-refractivity contribution in [3.63, 3.8) is 0 Å². The summed E-state index contributed by atoms with van der Waals surface area (Å²) >= 11 is 0. The number of ether oxygens (including phenoxy) is 1. The molecule has 2 aliphatic heterocycles. The summed E-state index contributed by atoms with van der Waals surface area (Å²) in [4.78, 5) is 25.3. The Balaban J connectivity index is 1.70. The number of likely N-dealkylation sites (tertiary alicyclic amines) is 1. The summed E-state index contributed by atoms with van der Waals surface area (Å²) in [5.74, 6) is -6.50. The molecule has 1 aromatic heterocycles. The number of amides is 2. The minimum Gasteiger partial charge on any atom is -0.489 e. The molecule has 0 bridgehead atoms. The first-order chi connectivity index (χ1) is 15.9. The molecule has 3 N–H and O–H groups in total. The topological polar surface area (TPSA) is 130 Å². The van der Waals surface area contributed by atoms with E-state index in [0.29, 0.717) is 18.6 Å². The summed E-state index contributed by atoms with van der Waals surface area (Å²) < 4.78 is 76.0. The number of rotatable bonds is 3. The molecule has 10 nitrogen and oxygen atoms in total. The average Bonchev–Trinajstić information content (AvgIpc) is 3.26. The van der Waals surface area contributed by atoms with Gasteiger partial charge in [-0.15, -0.1) is 0 Å². The Kier molecular flexibility index (Phi) is 5.97. The number of benzene rings is 1. The molecule has 184 valence electrons. The van der Waals surface area contributed by atoms with Crippen LogP contribution in [0.3, 0.4) is 0 Å². The molecule has 1 saturated heterocycles. The van der Waals surface area contributed by atoms with Gasteiger partial charge < -0.3 is 24.6 Å². The maximum atomic E-state index is 13.5. The number of hydrogen-bond acceptors (Lipinski definition) is 5.